The Labute approximate surface area is 125 Å². The van der Waals surface area contributed by atoms with Crippen molar-refractivity contribution >= 4 is 16.3 Å². The third-order valence-corrected chi connectivity index (χ3v) is 5.20. The van der Waals surface area contributed by atoms with Crippen LogP contribution in [-0.2, 0) is 6.42 Å². The van der Waals surface area contributed by atoms with Crippen molar-refractivity contribution in [2.24, 2.45) is 5.92 Å². The maximum absolute atomic E-state index is 4.73. The van der Waals surface area contributed by atoms with Gasteiger partial charge in [-0.1, -0.05) is 39.0 Å². The molecule has 0 radical (unpaired) electrons. The first-order valence-electron chi connectivity index (χ1n) is 7.99. The van der Waals surface area contributed by atoms with Crippen molar-refractivity contribution in [2.75, 3.05) is 6.54 Å². The Hall–Kier alpha value is -0.870. The molecule has 1 saturated carbocycles. The van der Waals surface area contributed by atoms with E-state index >= 15 is 0 Å². The first kappa shape index (κ1) is 14.1. The highest BCUT2D eigenvalue weighted by Crippen LogP contribution is 2.28. The number of hydrogen-bond acceptors (Lipinski definition) is 3. The Balaban J connectivity index is 1.62. The van der Waals surface area contributed by atoms with E-state index in [1.165, 1.54) is 44.2 Å². The number of imidazole rings is 1. The minimum Gasteiger partial charge on any atom is -0.314 e. The van der Waals surface area contributed by atoms with E-state index in [1.54, 1.807) is 11.3 Å². The van der Waals surface area contributed by atoms with Gasteiger partial charge in [0.05, 0.1) is 5.69 Å². The first-order chi connectivity index (χ1) is 9.85. The van der Waals surface area contributed by atoms with Crippen molar-refractivity contribution in [3.05, 3.63) is 23.5 Å². The Morgan fingerprint density at radius 1 is 1.40 bits per heavy atom. The number of thiazole rings is 1. The maximum Gasteiger partial charge on any atom is 0.193 e. The second-order valence-electron chi connectivity index (χ2n) is 6.02. The average molecular weight is 291 g/mol. The van der Waals surface area contributed by atoms with Crippen LogP contribution >= 0.6 is 11.3 Å². The fourth-order valence-corrected chi connectivity index (χ4v) is 4.20. The molecule has 0 amide bonds. The van der Waals surface area contributed by atoms with E-state index < -0.39 is 0 Å². The van der Waals surface area contributed by atoms with Crippen molar-refractivity contribution in [1.82, 2.24) is 14.7 Å². The molecule has 3 nitrogen and oxygen atoms in total. The molecule has 1 atom stereocenters. The zero-order valence-corrected chi connectivity index (χ0v) is 13.2. The number of nitrogens with zero attached hydrogens (tertiary/aromatic N) is 2. The summed E-state index contributed by atoms with van der Waals surface area (Å²) < 4.78 is 2.14. The van der Waals surface area contributed by atoms with Gasteiger partial charge in [0.2, 0.25) is 0 Å². The molecule has 20 heavy (non-hydrogen) atoms. The molecule has 1 aliphatic carbocycles. The van der Waals surface area contributed by atoms with E-state index in [-0.39, 0.29) is 0 Å². The molecule has 0 bridgehead atoms. The highest BCUT2D eigenvalue weighted by atomic mass is 32.1. The fraction of sp³-hybridized carbons (Fsp3) is 0.688. The molecule has 2 aromatic rings. The zero-order chi connectivity index (χ0) is 13.8. The minimum absolute atomic E-state index is 0.590. The van der Waals surface area contributed by atoms with E-state index in [9.17, 15) is 0 Å². The van der Waals surface area contributed by atoms with E-state index in [0.717, 1.165) is 23.8 Å². The highest BCUT2D eigenvalue weighted by Gasteiger charge is 2.19. The third-order valence-electron chi connectivity index (χ3n) is 4.43. The summed E-state index contributed by atoms with van der Waals surface area (Å²) in [5, 5.41) is 5.76. The van der Waals surface area contributed by atoms with Crippen molar-refractivity contribution in [1.29, 1.82) is 0 Å². The molecule has 1 unspecified atom stereocenters. The molecule has 2 aromatic heterocycles. The van der Waals surface area contributed by atoms with E-state index in [1.807, 2.05) is 0 Å². The van der Waals surface area contributed by atoms with Gasteiger partial charge in [-0.2, -0.15) is 0 Å². The van der Waals surface area contributed by atoms with Crippen LogP contribution in [0.15, 0.2) is 17.8 Å². The second-order valence-corrected chi connectivity index (χ2v) is 6.90. The Morgan fingerprint density at radius 3 is 3.00 bits per heavy atom. The summed E-state index contributed by atoms with van der Waals surface area (Å²) in [5.74, 6) is 0.927. The summed E-state index contributed by atoms with van der Waals surface area (Å²) in [5.41, 5.74) is 1.23. The standard InChI is InChI=1S/C16H25N3S/c1-2-17-14(10-13-6-4-3-5-7-13)11-15-12-19-8-9-20-16(19)18-15/h8-9,12-14,17H,2-7,10-11H2,1H3. The van der Waals surface area contributed by atoms with Crippen LogP contribution in [0.4, 0.5) is 0 Å². The van der Waals surface area contributed by atoms with E-state index in [4.69, 9.17) is 4.98 Å². The lowest BCUT2D eigenvalue weighted by Gasteiger charge is -2.26. The van der Waals surface area contributed by atoms with Gasteiger partial charge >= 0.3 is 0 Å². The van der Waals surface area contributed by atoms with E-state index in [0.29, 0.717) is 6.04 Å². The van der Waals surface area contributed by atoms with Crippen LogP contribution in [-0.4, -0.2) is 22.0 Å². The Bertz CT molecular complexity index is 496. The summed E-state index contributed by atoms with van der Waals surface area (Å²) in [6, 6.07) is 0.590. The van der Waals surface area contributed by atoms with Gasteiger partial charge in [0.1, 0.15) is 0 Å². The number of rotatable bonds is 6. The molecule has 0 aromatic carbocycles. The van der Waals surface area contributed by atoms with Gasteiger partial charge in [-0.3, -0.25) is 4.40 Å². The lowest BCUT2D eigenvalue weighted by Crippen LogP contribution is -2.33. The topological polar surface area (TPSA) is 29.3 Å². The van der Waals surface area contributed by atoms with Crippen LogP contribution in [0.3, 0.4) is 0 Å². The first-order valence-corrected chi connectivity index (χ1v) is 8.87. The van der Waals surface area contributed by atoms with Crippen LogP contribution in [0.2, 0.25) is 0 Å². The van der Waals surface area contributed by atoms with Gasteiger partial charge in [0.25, 0.3) is 0 Å². The smallest absolute Gasteiger partial charge is 0.193 e. The molecule has 110 valence electrons. The molecule has 1 fully saturated rings. The third kappa shape index (κ3) is 3.41. The fourth-order valence-electron chi connectivity index (χ4n) is 3.48. The molecule has 0 saturated heterocycles. The normalized spacial score (nSPS) is 18.6. The van der Waals surface area contributed by atoms with E-state index in [2.05, 4.69) is 34.4 Å². The lowest BCUT2D eigenvalue weighted by atomic mass is 9.84. The summed E-state index contributed by atoms with van der Waals surface area (Å²) in [7, 11) is 0. The predicted molar refractivity (Wildman–Crippen MR) is 85.4 cm³/mol. The van der Waals surface area contributed by atoms with Crippen molar-refractivity contribution in [2.45, 2.75) is 57.9 Å². The zero-order valence-electron chi connectivity index (χ0n) is 12.3. The predicted octanol–water partition coefficient (Wildman–Crippen LogP) is 3.89. The minimum atomic E-state index is 0.590. The molecule has 0 spiro atoms. The number of nitrogens with one attached hydrogen (secondary N) is 1. The quantitative estimate of drug-likeness (QED) is 0.875. The molecule has 1 N–H and O–H groups in total. The van der Waals surface area contributed by atoms with Crippen LogP contribution < -0.4 is 5.32 Å². The number of hydrogen-bond donors (Lipinski definition) is 1. The molecule has 3 rings (SSSR count). The van der Waals surface area contributed by atoms with Crippen molar-refractivity contribution < 1.29 is 0 Å². The van der Waals surface area contributed by atoms with Crippen LogP contribution in [0.25, 0.3) is 4.96 Å². The summed E-state index contributed by atoms with van der Waals surface area (Å²) in [6.45, 7) is 3.26. The molecule has 0 aliphatic heterocycles. The van der Waals surface area contributed by atoms with Gasteiger partial charge in [-0.15, -0.1) is 11.3 Å². The number of aromatic nitrogens is 2. The average Bonchev–Trinajstić information content (AvgIpc) is 3.01. The lowest BCUT2D eigenvalue weighted by molar-refractivity contribution is 0.298. The van der Waals surface area contributed by atoms with Gasteiger partial charge in [-0.05, 0) is 18.9 Å². The van der Waals surface area contributed by atoms with Crippen molar-refractivity contribution in [3.8, 4) is 0 Å². The van der Waals surface area contributed by atoms with Gasteiger partial charge in [0.15, 0.2) is 4.96 Å². The summed E-state index contributed by atoms with van der Waals surface area (Å²) in [6.07, 6.45) is 13.8. The SMILES string of the molecule is CCNC(Cc1cn2ccsc2n1)CC1CCCCC1. The summed E-state index contributed by atoms with van der Waals surface area (Å²) >= 11 is 1.72. The van der Waals surface area contributed by atoms with Crippen molar-refractivity contribution in [3.63, 3.8) is 0 Å². The monoisotopic (exact) mass is 291 g/mol. The largest absolute Gasteiger partial charge is 0.314 e. The Kier molecular flexibility index (Phi) is 4.73. The molecule has 1 aliphatic rings. The van der Waals surface area contributed by atoms with Crippen LogP contribution in [0.1, 0.15) is 51.1 Å². The van der Waals surface area contributed by atoms with Gasteiger partial charge in [-0.25, -0.2) is 4.98 Å². The van der Waals surface area contributed by atoms with Crippen LogP contribution in [0, 0.1) is 5.92 Å². The van der Waals surface area contributed by atoms with Crippen LogP contribution in [0.5, 0.6) is 0 Å². The molecular weight excluding hydrogens is 266 g/mol. The molecule has 4 heteroatoms. The maximum atomic E-state index is 4.73. The van der Waals surface area contributed by atoms with Gasteiger partial charge in [0, 0.05) is 30.2 Å². The Morgan fingerprint density at radius 2 is 2.25 bits per heavy atom. The highest BCUT2D eigenvalue weighted by molar-refractivity contribution is 7.15. The number of fused-ring (bicyclic) bond motifs is 1. The van der Waals surface area contributed by atoms with Gasteiger partial charge < -0.3 is 5.32 Å². The molecule has 2 heterocycles. The molecular formula is C16H25N3S. The number of likely N-dealkylation sites (N-methyl/N-ethyl adjacent to an activating group) is 1. The summed E-state index contributed by atoms with van der Waals surface area (Å²) in [4.78, 5) is 5.85. The second kappa shape index (κ2) is 6.72.